The molecule has 0 radical (unpaired) electrons. The van der Waals surface area contributed by atoms with E-state index >= 15 is 0 Å². The summed E-state index contributed by atoms with van der Waals surface area (Å²) in [5, 5.41) is 6.55. The highest BCUT2D eigenvalue weighted by molar-refractivity contribution is 6.33. The Bertz CT molecular complexity index is 1190. The molecule has 3 aromatic rings. The number of halogens is 1. The molecule has 0 atom stereocenters. The maximum absolute atomic E-state index is 12.9. The number of fused-ring (bicyclic) bond motifs is 1. The van der Waals surface area contributed by atoms with Gasteiger partial charge in [0.2, 0.25) is 0 Å². The van der Waals surface area contributed by atoms with Crippen molar-refractivity contribution in [3.63, 3.8) is 0 Å². The number of nitrogens with zero attached hydrogens (tertiary/aromatic N) is 2. The van der Waals surface area contributed by atoms with E-state index in [9.17, 15) is 9.59 Å². The third-order valence-electron chi connectivity index (χ3n) is 4.53. The standard InChI is InChI=1S/C21H15ClN2O3/c1-12-17(22)8-9-18-19(12)20(25)14(11-27-18)10-16-13(2)23-24(21(16)26)15-6-4-3-5-7-15/h3-11H,1-2H3/b16-10+. The Morgan fingerprint density at radius 3 is 2.56 bits per heavy atom. The van der Waals surface area contributed by atoms with E-state index in [-0.39, 0.29) is 16.9 Å². The van der Waals surface area contributed by atoms with Gasteiger partial charge in [-0.25, -0.2) is 0 Å². The number of para-hydroxylation sites is 1. The van der Waals surface area contributed by atoms with E-state index in [0.29, 0.717) is 38.5 Å². The lowest BCUT2D eigenvalue weighted by Gasteiger charge is -2.11. The van der Waals surface area contributed by atoms with Gasteiger partial charge in [-0.15, -0.1) is 0 Å². The lowest BCUT2D eigenvalue weighted by molar-refractivity contribution is -0.114. The third-order valence-corrected chi connectivity index (χ3v) is 4.94. The molecule has 0 bridgehead atoms. The molecule has 0 fully saturated rings. The summed E-state index contributed by atoms with van der Waals surface area (Å²) in [6.07, 6.45) is 2.88. The first-order valence-corrected chi connectivity index (χ1v) is 8.72. The van der Waals surface area contributed by atoms with Gasteiger partial charge in [0, 0.05) is 5.02 Å². The first-order chi connectivity index (χ1) is 13.0. The largest absolute Gasteiger partial charge is 0.463 e. The summed E-state index contributed by atoms with van der Waals surface area (Å²) < 4.78 is 5.58. The van der Waals surface area contributed by atoms with Crippen LogP contribution in [0.3, 0.4) is 0 Å². The summed E-state index contributed by atoms with van der Waals surface area (Å²) in [5.41, 5.74) is 2.70. The maximum Gasteiger partial charge on any atom is 0.280 e. The molecule has 5 nitrogen and oxygen atoms in total. The number of carbonyl (C=O) groups is 1. The Morgan fingerprint density at radius 1 is 1.07 bits per heavy atom. The molecular weight excluding hydrogens is 364 g/mol. The van der Waals surface area contributed by atoms with Crippen molar-refractivity contribution in [2.45, 2.75) is 13.8 Å². The average molecular weight is 379 g/mol. The molecule has 0 saturated heterocycles. The van der Waals surface area contributed by atoms with Crippen molar-refractivity contribution < 1.29 is 9.21 Å². The lowest BCUT2D eigenvalue weighted by Crippen LogP contribution is -2.21. The molecule has 1 aliphatic heterocycles. The van der Waals surface area contributed by atoms with Gasteiger partial charge in [0.15, 0.2) is 5.43 Å². The van der Waals surface area contributed by atoms with Crippen LogP contribution in [0.5, 0.6) is 0 Å². The molecule has 4 rings (SSSR count). The number of amides is 1. The zero-order valence-electron chi connectivity index (χ0n) is 14.7. The van der Waals surface area contributed by atoms with Gasteiger partial charge in [-0.05, 0) is 49.8 Å². The van der Waals surface area contributed by atoms with Gasteiger partial charge in [0.25, 0.3) is 5.91 Å². The van der Waals surface area contributed by atoms with Crippen molar-refractivity contribution >= 4 is 46.0 Å². The van der Waals surface area contributed by atoms with Crippen LogP contribution in [0.15, 0.2) is 68.6 Å². The third kappa shape index (κ3) is 2.86. The molecule has 1 amide bonds. The predicted molar refractivity (Wildman–Crippen MR) is 107 cm³/mol. The fraction of sp³-hybridized carbons (Fsp3) is 0.0952. The fourth-order valence-corrected chi connectivity index (χ4v) is 3.21. The fourth-order valence-electron chi connectivity index (χ4n) is 3.05. The van der Waals surface area contributed by atoms with Crippen LogP contribution in [0.25, 0.3) is 17.0 Å². The second-order valence-corrected chi connectivity index (χ2v) is 6.67. The highest BCUT2D eigenvalue weighted by Crippen LogP contribution is 2.26. The summed E-state index contributed by atoms with van der Waals surface area (Å²) in [5.74, 6) is -0.291. The number of hydrogen-bond donors (Lipinski definition) is 0. The second-order valence-electron chi connectivity index (χ2n) is 6.26. The van der Waals surface area contributed by atoms with Crippen LogP contribution in [0.1, 0.15) is 18.1 Å². The Morgan fingerprint density at radius 2 is 1.81 bits per heavy atom. The van der Waals surface area contributed by atoms with Crippen LogP contribution >= 0.6 is 11.6 Å². The van der Waals surface area contributed by atoms with E-state index in [0.717, 1.165) is 0 Å². The molecule has 0 aliphatic carbocycles. The number of hydrogen-bond acceptors (Lipinski definition) is 4. The van der Waals surface area contributed by atoms with E-state index in [1.165, 1.54) is 17.3 Å². The highest BCUT2D eigenvalue weighted by atomic mass is 35.5. The Hall–Kier alpha value is -3.18. The van der Waals surface area contributed by atoms with Crippen molar-refractivity contribution in [2.24, 2.45) is 5.10 Å². The van der Waals surface area contributed by atoms with E-state index in [2.05, 4.69) is 5.10 Å². The summed E-state index contributed by atoms with van der Waals surface area (Å²) in [6, 6.07) is 12.5. The highest BCUT2D eigenvalue weighted by Gasteiger charge is 2.29. The smallest absolute Gasteiger partial charge is 0.280 e. The summed E-state index contributed by atoms with van der Waals surface area (Å²) in [7, 11) is 0. The van der Waals surface area contributed by atoms with Gasteiger partial charge < -0.3 is 4.42 Å². The molecule has 2 heterocycles. The Kier molecular flexibility index (Phi) is 4.16. The van der Waals surface area contributed by atoms with Gasteiger partial charge in [-0.2, -0.15) is 10.1 Å². The molecule has 0 saturated carbocycles. The molecule has 6 heteroatoms. The summed E-state index contributed by atoms with van der Waals surface area (Å²) >= 11 is 6.14. The van der Waals surface area contributed by atoms with Crippen molar-refractivity contribution in [1.29, 1.82) is 0 Å². The van der Waals surface area contributed by atoms with Crippen LogP contribution in [0, 0.1) is 6.92 Å². The molecule has 1 aliphatic rings. The number of rotatable bonds is 2. The monoisotopic (exact) mass is 378 g/mol. The lowest BCUT2D eigenvalue weighted by atomic mass is 10.0. The van der Waals surface area contributed by atoms with Gasteiger partial charge in [-0.1, -0.05) is 29.8 Å². The zero-order valence-corrected chi connectivity index (χ0v) is 15.4. The molecule has 0 unspecified atom stereocenters. The minimum Gasteiger partial charge on any atom is -0.463 e. The zero-order chi connectivity index (χ0) is 19.1. The molecule has 27 heavy (non-hydrogen) atoms. The van der Waals surface area contributed by atoms with Gasteiger partial charge >= 0.3 is 0 Å². The Balaban J connectivity index is 1.82. The van der Waals surface area contributed by atoms with Gasteiger partial charge in [0.05, 0.1) is 27.9 Å². The van der Waals surface area contributed by atoms with E-state index in [1.54, 1.807) is 38.1 Å². The van der Waals surface area contributed by atoms with Crippen molar-refractivity contribution in [3.8, 4) is 0 Å². The first kappa shape index (κ1) is 17.2. The summed E-state index contributed by atoms with van der Waals surface area (Å²) in [4.78, 5) is 25.7. The van der Waals surface area contributed by atoms with Crippen LogP contribution in [-0.2, 0) is 4.79 Å². The molecule has 0 N–H and O–H groups in total. The number of aryl methyl sites for hydroxylation is 1. The maximum atomic E-state index is 12.9. The molecular formula is C21H15ClN2O3. The molecule has 1 aromatic heterocycles. The van der Waals surface area contributed by atoms with Crippen LogP contribution in [0.4, 0.5) is 5.69 Å². The molecule has 0 spiro atoms. The van der Waals surface area contributed by atoms with Crippen molar-refractivity contribution in [2.75, 3.05) is 5.01 Å². The SMILES string of the molecule is CC1=NN(c2ccccc2)C(=O)/C1=C/c1coc2ccc(Cl)c(C)c2c1=O. The van der Waals surface area contributed by atoms with Gasteiger partial charge in [0.1, 0.15) is 11.8 Å². The summed E-state index contributed by atoms with van der Waals surface area (Å²) in [6.45, 7) is 3.50. The average Bonchev–Trinajstić information content (AvgIpc) is 2.95. The first-order valence-electron chi connectivity index (χ1n) is 8.35. The van der Waals surface area contributed by atoms with E-state index < -0.39 is 0 Å². The minimum atomic E-state index is -0.291. The topological polar surface area (TPSA) is 62.9 Å². The Labute approximate surface area is 160 Å². The minimum absolute atomic E-state index is 0.234. The van der Waals surface area contributed by atoms with Crippen molar-refractivity contribution in [3.05, 3.63) is 80.7 Å². The predicted octanol–water partition coefficient (Wildman–Crippen LogP) is 4.56. The van der Waals surface area contributed by atoms with Crippen LogP contribution < -0.4 is 10.4 Å². The van der Waals surface area contributed by atoms with Crippen LogP contribution in [-0.4, -0.2) is 11.6 Å². The number of hydrazone groups is 1. The van der Waals surface area contributed by atoms with Crippen LogP contribution in [0.2, 0.25) is 5.02 Å². The quantitative estimate of drug-likeness (QED) is 0.614. The number of anilines is 1. The normalized spacial score (nSPS) is 15.7. The number of carbonyl (C=O) groups excluding carboxylic acids is 1. The molecule has 134 valence electrons. The number of benzene rings is 2. The van der Waals surface area contributed by atoms with E-state index in [4.69, 9.17) is 16.0 Å². The second kappa shape index (κ2) is 6.52. The molecule has 2 aromatic carbocycles. The van der Waals surface area contributed by atoms with E-state index in [1.807, 2.05) is 18.2 Å². The van der Waals surface area contributed by atoms with Crippen molar-refractivity contribution in [1.82, 2.24) is 0 Å². The van der Waals surface area contributed by atoms with Gasteiger partial charge in [-0.3, -0.25) is 9.59 Å².